The van der Waals surface area contributed by atoms with Crippen LogP contribution in [0.2, 0.25) is 10.3 Å². The van der Waals surface area contributed by atoms with Crippen molar-refractivity contribution >= 4 is 50.7 Å². The smallest absolute Gasteiger partial charge is 0.256 e. The summed E-state index contributed by atoms with van der Waals surface area (Å²) in [7, 11) is 0. The highest BCUT2D eigenvalue weighted by Crippen LogP contribution is 2.27. The molecule has 4 nitrogen and oxygen atoms in total. The molecule has 0 bridgehead atoms. The molecule has 0 saturated carbocycles. The second-order valence-electron chi connectivity index (χ2n) is 3.77. The highest BCUT2D eigenvalue weighted by atomic mass is 79.9. The fraction of sp³-hybridized carbons (Fsp3) is 0.0833. The summed E-state index contributed by atoms with van der Waals surface area (Å²) >= 11 is 15.1. The zero-order valence-corrected chi connectivity index (χ0v) is 12.8. The summed E-state index contributed by atoms with van der Waals surface area (Å²) in [5.41, 5.74) is 1.65. The highest BCUT2D eigenvalue weighted by molar-refractivity contribution is 9.10. The topological polar surface area (TPSA) is 54.9 Å². The molecule has 0 spiro atoms. The van der Waals surface area contributed by atoms with Crippen LogP contribution >= 0.6 is 39.1 Å². The van der Waals surface area contributed by atoms with Gasteiger partial charge in [-0.3, -0.25) is 4.79 Å². The van der Waals surface area contributed by atoms with Gasteiger partial charge in [-0.25, -0.2) is 9.97 Å². The first-order chi connectivity index (χ1) is 8.99. The van der Waals surface area contributed by atoms with E-state index in [1.165, 1.54) is 6.33 Å². The zero-order chi connectivity index (χ0) is 14.0. The summed E-state index contributed by atoms with van der Waals surface area (Å²) < 4.78 is 0.680. The third kappa shape index (κ3) is 3.23. The summed E-state index contributed by atoms with van der Waals surface area (Å²) in [6, 6.07) is 5.45. The Labute approximate surface area is 128 Å². The van der Waals surface area contributed by atoms with Crippen molar-refractivity contribution in [1.82, 2.24) is 9.97 Å². The molecule has 1 aromatic heterocycles. The van der Waals surface area contributed by atoms with Crippen LogP contribution in [0.1, 0.15) is 15.9 Å². The van der Waals surface area contributed by atoms with Gasteiger partial charge in [-0.05, 0) is 35.0 Å². The van der Waals surface area contributed by atoms with Gasteiger partial charge >= 0.3 is 0 Å². The van der Waals surface area contributed by atoms with Gasteiger partial charge in [0.15, 0.2) is 10.3 Å². The molecule has 0 unspecified atom stereocenters. The van der Waals surface area contributed by atoms with E-state index in [9.17, 15) is 4.79 Å². The van der Waals surface area contributed by atoms with Crippen molar-refractivity contribution in [1.29, 1.82) is 0 Å². The molecule has 0 saturated heterocycles. The number of benzene rings is 1. The van der Waals surface area contributed by atoms with Gasteiger partial charge in [0.05, 0.1) is 5.56 Å². The number of anilines is 1. The summed E-state index contributed by atoms with van der Waals surface area (Å²) in [6.45, 7) is 1.90. The van der Waals surface area contributed by atoms with Crippen molar-refractivity contribution in [3.8, 4) is 0 Å². The Morgan fingerprint density at radius 3 is 2.53 bits per heavy atom. The molecule has 0 radical (unpaired) electrons. The third-order valence-corrected chi connectivity index (χ3v) is 3.62. The van der Waals surface area contributed by atoms with E-state index >= 15 is 0 Å². The molecular formula is C12H8BrCl2N3O. The Hall–Kier alpha value is -1.17. The number of carbonyl (C=O) groups is 1. The number of aromatic nitrogens is 2. The fourth-order valence-corrected chi connectivity index (χ4v) is 2.28. The summed E-state index contributed by atoms with van der Waals surface area (Å²) in [6.07, 6.45) is 1.23. The SMILES string of the molecule is Cc1ccc(Br)c(C(=O)Nc2c(Cl)ncnc2Cl)c1. The average Bonchev–Trinajstić information content (AvgIpc) is 2.37. The van der Waals surface area contributed by atoms with Crippen molar-refractivity contribution in [2.75, 3.05) is 5.32 Å². The molecule has 0 fully saturated rings. The van der Waals surface area contributed by atoms with Crippen LogP contribution in [0, 0.1) is 6.92 Å². The molecule has 19 heavy (non-hydrogen) atoms. The molecule has 1 aromatic carbocycles. The first-order valence-electron chi connectivity index (χ1n) is 5.22. The molecule has 0 aliphatic rings. The molecule has 0 aliphatic heterocycles. The normalized spacial score (nSPS) is 10.3. The van der Waals surface area contributed by atoms with Crippen LogP contribution in [-0.4, -0.2) is 15.9 Å². The number of nitrogens with zero attached hydrogens (tertiary/aromatic N) is 2. The van der Waals surface area contributed by atoms with E-state index in [0.29, 0.717) is 10.0 Å². The van der Waals surface area contributed by atoms with E-state index in [1.54, 1.807) is 12.1 Å². The van der Waals surface area contributed by atoms with Gasteiger partial charge in [0.1, 0.15) is 12.0 Å². The number of nitrogens with one attached hydrogen (secondary N) is 1. The largest absolute Gasteiger partial charge is 0.317 e. The number of rotatable bonds is 2. The molecule has 1 N–H and O–H groups in total. The molecule has 98 valence electrons. The van der Waals surface area contributed by atoms with Crippen molar-refractivity contribution in [3.63, 3.8) is 0 Å². The summed E-state index contributed by atoms with van der Waals surface area (Å²) in [5, 5.41) is 2.79. The Balaban J connectivity index is 2.34. The van der Waals surface area contributed by atoms with Crippen LogP contribution in [0.4, 0.5) is 5.69 Å². The lowest BCUT2D eigenvalue weighted by Crippen LogP contribution is -2.14. The van der Waals surface area contributed by atoms with Gasteiger partial charge in [0.25, 0.3) is 5.91 Å². The Morgan fingerprint density at radius 1 is 1.26 bits per heavy atom. The molecule has 0 aliphatic carbocycles. The number of amides is 1. The van der Waals surface area contributed by atoms with E-state index < -0.39 is 0 Å². The molecule has 0 atom stereocenters. The zero-order valence-electron chi connectivity index (χ0n) is 9.75. The molecule has 2 rings (SSSR count). The first kappa shape index (κ1) is 14.2. The van der Waals surface area contributed by atoms with Gasteiger partial charge in [0.2, 0.25) is 0 Å². The number of hydrogen-bond donors (Lipinski definition) is 1. The maximum atomic E-state index is 12.2. The second-order valence-corrected chi connectivity index (χ2v) is 5.34. The minimum atomic E-state index is -0.339. The van der Waals surface area contributed by atoms with Gasteiger partial charge in [0, 0.05) is 4.47 Å². The van der Waals surface area contributed by atoms with Crippen LogP contribution in [0.5, 0.6) is 0 Å². The minimum Gasteiger partial charge on any atom is -0.317 e. The Morgan fingerprint density at radius 2 is 1.89 bits per heavy atom. The quantitative estimate of drug-likeness (QED) is 0.820. The Kier molecular flexibility index (Phi) is 4.39. The van der Waals surface area contributed by atoms with Crippen LogP contribution < -0.4 is 5.32 Å². The molecule has 2 aromatic rings. The third-order valence-electron chi connectivity index (χ3n) is 2.36. The van der Waals surface area contributed by atoms with Crippen molar-refractivity contribution < 1.29 is 4.79 Å². The van der Waals surface area contributed by atoms with E-state index in [4.69, 9.17) is 23.2 Å². The van der Waals surface area contributed by atoms with E-state index in [2.05, 4.69) is 31.2 Å². The maximum Gasteiger partial charge on any atom is 0.256 e. The average molecular weight is 361 g/mol. The lowest BCUT2D eigenvalue weighted by atomic mass is 10.1. The Bertz CT molecular complexity index is 629. The van der Waals surface area contributed by atoms with Gasteiger partial charge in [-0.2, -0.15) is 0 Å². The minimum absolute atomic E-state index is 0.0946. The van der Waals surface area contributed by atoms with E-state index in [0.717, 1.165) is 5.56 Å². The van der Waals surface area contributed by atoms with Crippen molar-refractivity contribution in [3.05, 3.63) is 50.4 Å². The lowest BCUT2D eigenvalue weighted by molar-refractivity contribution is 0.102. The number of halogens is 3. The van der Waals surface area contributed by atoms with E-state index in [1.807, 2.05) is 13.0 Å². The molecule has 7 heteroatoms. The summed E-state index contributed by atoms with van der Waals surface area (Å²) in [4.78, 5) is 19.7. The number of carbonyl (C=O) groups excluding carboxylic acids is 1. The predicted molar refractivity (Wildman–Crippen MR) is 78.9 cm³/mol. The molecular weight excluding hydrogens is 353 g/mol. The standard InChI is InChI=1S/C12H8BrCl2N3O/c1-6-2-3-8(13)7(4-6)12(19)18-9-10(14)16-5-17-11(9)15/h2-5H,1H3,(H,18,19). The number of hydrogen-bond acceptors (Lipinski definition) is 3. The predicted octanol–water partition coefficient (Wildman–Crippen LogP) is 4.11. The monoisotopic (exact) mass is 359 g/mol. The molecule has 1 heterocycles. The van der Waals surface area contributed by atoms with Gasteiger partial charge < -0.3 is 5.32 Å². The van der Waals surface area contributed by atoms with Gasteiger partial charge in [-0.15, -0.1) is 0 Å². The van der Waals surface area contributed by atoms with Gasteiger partial charge in [-0.1, -0.05) is 34.8 Å². The van der Waals surface area contributed by atoms with E-state index in [-0.39, 0.29) is 21.9 Å². The van der Waals surface area contributed by atoms with Crippen LogP contribution in [0.15, 0.2) is 29.0 Å². The maximum absolute atomic E-state index is 12.2. The number of aryl methyl sites for hydroxylation is 1. The van der Waals surface area contributed by atoms with Crippen molar-refractivity contribution in [2.24, 2.45) is 0 Å². The van der Waals surface area contributed by atoms with Crippen LogP contribution in [0.3, 0.4) is 0 Å². The van der Waals surface area contributed by atoms with Crippen LogP contribution in [0.25, 0.3) is 0 Å². The highest BCUT2D eigenvalue weighted by Gasteiger charge is 2.15. The fourth-order valence-electron chi connectivity index (χ4n) is 1.44. The second kappa shape index (κ2) is 5.86. The lowest BCUT2D eigenvalue weighted by Gasteiger charge is -2.09. The summed E-state index contributed by atoms with van der Waals surface area (Å²) in [5.74, 6) is -0.339. The van der Waals surface area contributed by atoms with Crippen molar-refractivity contribution in [2.45, 2.75) is 6.92 Å². The van der Waals surface area contributed by atoms with Crippen LogP contribution in [-0.2, 0) is 0 Å². The molecule has 1 amide bonds. The first-order valence-corrected chi connectivity index (χ1v) is 6.77.